The van der Waals surface area contributed by atoms with E-state index in [2.05, 4.69) is 26.6 Å². The standard InChI is InChI=1S/C34H58N8O6S/c1-6-22(4)29(42-33(47)27(19-23-12-8-7-9-13-23)41-31(45)24(36)14-10-11-16-35)34(48)38-20-28(43)39-26(18-21(2)3)32(46)40-25(30(37)44)15-17-49-5/h7-9,12-13,21-22,24-27,29H,6,10-11,14-20,35-36H2,1-5H3,(H2,37,44)(H,38,48)(H,39,43)(H,40,46)(H,41,45)(H,42,47)/t22-,24-,25-,26-,27+,29-/m0/s1. The van der Waals surface area contributed by atoms with Crippen LogP contribution in [0.2, 0.25) is 0 Å². The van der Waals surface area contributed by atoms with Gasteiger partial charge in [0.1, 0.15) is 24.2 Å². The summed E-state index contributed by atoms with van der Waals surface area (Å²) < 4.78 is 0. The number of hydrogen-bond acceptors (Lipinski definition) is 9. The molecule has 0 unspecified atom stereocenters. The highest BCUT2D eigenvalue weighted by Crippen LogP contribution is 2.11. The molecule has 15 heteroatoms. The fourth-order valence-electron chi connectivity index (χ4n) is 4.95. The number of thioether (sulfide) groups is 1. The van der Waals surface area contributed by atoms with E-state index < -0.39 is 72.2 Å². The van der Waals surface area contributed by atoms with Gasteiger partial charge in [-0.1, -0.05) is 70.9 Å². The lowest BCUT2D eigenvalue weighted by Crippen LogP contribution is -2.58. The highest BCUT2D eigenvalue weighted by Gasteiger charge is 2.32. The van der Waals surface area contributed by atoms with Crippen LogP contribution in [-0.2, 0) is 35.2 Å². The van der Waals surface area contributed by atoms with Gasteiger partial charge in [0.2, 0.25) is 35.4 Å². The predicted octanol–water partition coefficient (Wildman–Crippen LogP) is 0.0714. The van der Waals surface area contributed by atoms with Crippen LogP contribution in [0.3, 0.4) is 0 Å². The normalized spacial score (nSPS) is 14.8. The first-order valence-electron chi connectivity index (χ1n) is 17.0. The lowest BCUT2D eigenvalue weighted by Gasteiger charge is -2.27. The van der Waals surface area contributed by atoms with Crippen LogP contribution in [0.25, 0.3) is 0 Å². The van der Waals surface area contributed by atoms with E-state index in [4.69, 9.17) is 17.2 Å². The summed E-state index contributed by atoms with van der Waals surface area (Å²) in [5, 5.41) is 13.4. The molecular formula is C34H58N8O6S. The minimum absolute atomic E-state index is 0.0266. The second kappa shape index (κ2) is 23.6. The Morgan fingerprint density at radius 1 is 0.796 bits per heavy atom. The van der Waals surface area contributed by atoms with E-state index in [-0.39, 0.29) is 24.7 Å². The molecule has 0 spiro atoms. The zero-order chi connectivity index (χ0) is 36.9. The molecule has 11 N–H and O–H groups in total. The highest BCUT2D eigenvalue weighted by atomic mass is 32.2. The van der Waals surface area contributed by atoms with Crippen LogP contribution in [0.5, 0.6) is 0 Å². The van der Waals surface area contributed by atoms with Crippen LogP contribution < -0.4 is 43.8 Å². The van der Waals surface area contributed by atoms with E-state index in [0.29, 0.717) is 38.0 Å². The number of hydrogen-bond donors (Lipinski definition) is 8. The smallest absolute Gasteiger partial charge is 0.243 e. The van der Waals surface area contributed by atoms with Crippen LogP contribution in [0.1, 0.15) is 71.8 Å². The Morgan fingerprint density at radius 2 is 1.43 bits per heavy atom. The third-order valence-corrected chi connectivity index (χ3v) is 8.71. The molecule has 0 aliphatic carbocycles. The third kappa shape index (κ3) is 17.0. The summed E-state index contributed by atoms with van der Waals surface area (Å²) in [5.41, 5.74) is 17.9. The number of unbranched alkanes of at least 4 members (excludes halogenated alkanes) is 1. The Bertz CT molecular complexity index is 1200. The first-order chi connectivity index (χ1) is 23.2. The van der Waals surface area contributed by atoms with Crippen LogP contribution in [0.15, 0.2) is 30.3 Å². The van der Waals surface area contributed by atoms with Crippen LogP contribution in [-0.4, -0.2) is 90.8 Å². The molecule has 1 aromatic carbocycles. The molecule has 0 heterocycles. The molecule has 1 aromatic rings. The van der Waals surface area contributed by atoms with Crippen LogP contribution >= 0.6 is 11.8 Å². The van der Waals surface area contributed by atoms with Crippen molar-refractivity contribution in [2.45, 2.75) is 103 Å². The van der Waals surface area contributed by atoms with E-state index in [9.17, 15) is 28.8 Å². The topological polar surface area (TPSA) is 241 Å². The largest absolute Gasteiger partial charge is 0.368 e. The second-order valence-corrected chi connectivity index (χ2v) is 13.7. The molecule has 0 bridgehead atoms. The van der Waals surface area contributed by atoms with Crippen molar-refractivity contribution in [3.63, 3.8) is 0 Å². The summed E-state index contributed by atoms with van der Waals surface area (Å²) >= 11 is 1.51. The number of nitrogens with one attached hydrogen (secondary N) is 5. The first-order valence-corrected chi connectivity index (χ1v) is 18.4. The fraction of sp³-hybridized carbons (Fsp3) is 0.647. The number of primary amides is 1. The van der Waals surface area contributed by atoms with Crippen molar-refractivity contribution in [1.29, 1.82) is 0 Å². The van der Waals surface area contributed by atoms with Crippen LogP contribution in [0.4, 0.5) is 0 Å². The van der Waals surface area contributed by atoms with Gasteiger partial charge in [-0.3, -0.25) is 28.8 Å². The summed E-state index contributed by atoms with van der Waals surface area (Å²) in [5.74, 6) is -3.19. The quantitative estimate of drug-likeness (QED) is 0.0678. The number of rotatable bonds is 24. The lowest BCUT2D eigenvalue weighted by molar-refractivity contribution is -0.134. The van der Waals surface area contributed by atoms with Gasteiger partial charge in [0.05, 0.1) is 12.6 Å². The van der Waals surface area contributed by atoms with Crippen molar-refractivity contribution in [2.75, 3.05) is 25.1 Å². The Kier molecular flexibility index (Phi) is 20.9. The average Bonchev–Trinajstić information content (AvgIpc) is 3.06. The SMILES string of the molecule is CC[C@H](C)[C@H](NC(=O)[C@@H](Cc1ccccc1)NC(=O)[C@@H](N)CCCCN)C(=O)NCC(=O)N[C@@H](CC(C)C)C(=O)N[C@@H](CCSC)C(N)=O. The van der Waals surface area contributed by atoms with Gasteiger partial charge in [-0.2, -0.15) is 11.8 Å². The summed E-state index contributed by atoms with van der Waals surface area (Å²) in [6.07, 6.45) is 5.00. The Balaban J connectivity index is 3.02. The Labute approximate surface area is 295 Å². The number of carbonyl (C=O) groups excluding carboxylic acids is 6. The molecular weight excluding hydrogens is 648 g/mol. The summed E-state index contributed by atoms with van der Waals surface area (Å²) in [6, 6.07) is 4.42. The number of carbonyl (C=O) groups is 6. The molecule has 6 amide bonds. The van der Waals surface area contributed by atoms with Gasteiger partial charge < -0.3 is 43.8 Å². The monoisotopic (exact) mass is 706 g/mol. The van der Waals surface area contributed by atoms with E-state index in [1.807, 2.05) is 57.4 Å². The molecule has 276 valence electrons. The molecule has 0 aliphatic rings. The maximum atomic E-state index is 13.6. The zero-order valence-electron chi connectivity index (χ0n) is 29.6. The molecule has 1 rings (SSSR count). The number of amides is 6. The van der Waals surface area contributed by atoms with E-state index in [0.717, 1.165) is 12.0 Å². The average molecular weight is 707 g/mol. The third-order valence-electron chi connectivity index (χ3n) is 8.07. The van der Waals surface area contributed by atoms with Gasteiger partial charge in [0.25, 0.3) is 0 Å². The molecule has 6 atom stereocenters. The molecule has 14 nitrogen and oxygen atoms in total. The maximum absolute atomic E-state index is 13.6. The molecule has 0 radical (unpaired) electrons. The molecule has 0 fully saturated rings. The van der Waals surface area contributed by atoms with Crippen LogP contribution in [0, 0.1) is 11.8 Å². The van der Waals surface area contributed by atoms with E-state index in [1.54, 1.807) is 6.92 Å². The van der Waals surface area contributed by atoms with Crippen molar-refractivity contribution in [2.24, 2.45) is 29.0 Å². The lowest BCUT2D eigenvalue weighted by atomic mass is 9.97. The van der Waals surface area contributed by atoms with E-state index in [1.165, 1.54) is 11.8 Å². The predicted molar refractivity (Wildman–Crippen MR) is 193 cm³/mol. The van der Waals surface area contributed by atoms with Crippen molar-refractivity contribution in [3.05, 3.63) is 35.9 Å². The summed E-state index contributed by atoms with van der Waals surface area (Å²) in [7, 11) is 0. The van der Waals surface area contributed by atoms with Gasteiger partial charge in [-0.15, -0.1) is 0 Å². The van der Waals surface area contributed by atoms with Crippen molar-refractivity contribution >= 4 is 47.2 Å². The van der Waals surface area contributed by atoms with Crippen molar-refractivity contribution in [3.8, 4) is 0 Å². The zero-order valence-corrected chi connectivity index (χ0v) is 30.4. The fourth-order valence-corrected chi connectivity index (χ4v) is 5.42. The molecule has 0 saturated carbocycles. The Morgan fingerprint density at radius 3 is 2.00 bits per heavy atom. The van der Waals surface area contributed by atoms with Gasteiger partial charge in [0, 0.05) is 6.42 Å². The van der Waals surface area contributed by atoms with Gasteiger partial charge in [-0.05, 0) is 61.6 Å². The maximum Gasteiger partial charge on any atom is 0.243 e. The van der Waals surface area contributed by atoms with Gasteiger partial charge >= 0.3 is 0 Å². The Hall–Kier alpha value is -3.69. The van der Waals surface area contributed by atoms with Crippen molar-refractivity contribution in [1.82, 2.24) is 26.6 Å². The van der Waals surface area contributed by atoms with Crippen molar-refractivity contribution < 1.29 is 28.8 Å². The number of benzene rings is 1. The molecule has 0 aliphatic heterocycles. The minimum Gasteiger partial charge on any atom is -0.368 e. The highest BCUT2D eigenvalue weighted by molar-refractivity contribution is 7.98. The summed E-state index contributed by atoms with van der Waals surface area (Å²) in [6.45, 7) is 7.44. The second-order valence-electron chi connectivity index (χ2n) is 12.7. The van der Waals surface area contributed by atoms with E-state index >= 15 is 0 Å². The molecule has 0 aromatic heterocycles. The van der Waals surface area contributed by atoms with Gasteiger partial charge in [0.15, 0.2) is 0 Å². The minimum atomic E-state index is -1.03. The number of nitrogens with two attached hydrogens (primary N) is 3. The summed E-state index contributed by atoms with van der Waals surface area (Å²) in [4.78, 5) is 77.9. The first kappa shape index (κ1) is 43.3. The molecule has 0 saturated heterocycles. The molecule has 49 heavy (non-hydrogen) atoms. The van der Waals surface area contributed by atoms with Gasteiger partial charge in [-0.25, -0.2) is 0 Å².